The fourth-order valence-corrected chi connectivity index (χ4v) is 4.35. The molecule has 4 aromatic rings. The summed E-state index contributed by atoms with van der Waals surface area (Å²) in [6, 6.07) is 14.8. The summed E-state index contributed by atoms with van der Waals surface area (Å²) in [7, 11) is 1.54. The van der Waals surface area contributed by atoms with E-state index in [0.29, 0.717) is 26.5 Å². The van der Waals surface area contributed by atoms with Gasteiger partial charge in [-0.1, -0.05) is 66.3 Å². The molecule has 0 radical (unpaired) electrons. The number of aromatic nitrogens is 3. The number of aryl methyl sites for hydroxylation is 2. The summed E-state index contributed by atoms with van der Waals surface area (Å²) in [4.78, 5) is 39.3. The number of pyridine rings is 1. The van der Waals surface area contributed by atoms with Crippen molar-refractivity contribution in [2.75, 3.05) is 5.32 Å². The van der Waals surface area contributed by atoms with Gasteiger partial charge in [0.25, 0.3) is 11.5 Å². The van der Waals surface area contributed by atoms with Crippen molar-refractivity contribution in [3.8, 4) is 11.1 Å². The molecule has 0 saturated heterocycles. The van der Waals surface area contributed by atoms with Crippen LogP contribution in [0.2, 0.25) is 0 Å². The number of carbonyl (C=O) groups excluding carboxylic acids is 2. The Kier molecular flexibility index (Phi) is 6.56. The molecule has 1 atom stereocenters. The van der Waals surface area contributed by atoms with Crippen molar-refractivity contribution in [1.29, 1.82) is 0 Å². The van der Waals surface area contributed by atoms with Crippen LogP contribution in [0.1, 0.15) is 34.4 Å². The minimum absolute atomic E-state index is 0.0885. The smallest absolute Gasteiger partial charge is 0.356 e. The van der Waals surface area contributed by atoms with Gasteiger partial charge < -0.3 is 9.30 Å². The zero-order chi connectivity index (χ0) is 24.4. The number of benzene rings is 2. The van der Waals surface area contributed by atoms with Crippen LogP contribution < -0.4 is 10.9 Å². The lowest BCUT2D eigenvalue weighted by molar-refractivity contribution is -0.124. The third kappa shape index (κ3) is 4.47. The maximum Gasteiger partial charge on any atom is 0.356 e. The first-order valence-corrected chi connectivity index (χ1v) is 11.6. The maximum atomic E-state index is 13.5. The van der Waals surface area contributed by atoms with E-state index in [1.807, 2.05) is 43.3 Å². The predicted molar refractivity (Wildman–Crippen MR) is 132 cm³/mol. The van der Waals surface area contributed by atoms with Crippen molar-refractivity contribution < 1.29 is 14.3 Å². The third-order valence-corrected chi connectivity index (χ3v) is 6.26. The lowest BCUT2D eigenvalue weighted by atomic mass is 9.96. The van der Waals surface area contributed by atoms with Gasteiger partial charge in [0.1, 0.15) is 10.7 Å². The first-order valence-electron chi connectivity index (χ1n) is 10.8. The van der Waals surface area contributed by atoms with Gasteiger partial charge in [-0.3, -0.25) is 14.9 Å². The second-order valence-corrected chi connectivity index (χ2v) is 9.10. The predicted octanol–water partition coefficient (Wildman–Crippen LogP) is 4.25. The number of fused-ring (bicyclic) bond motifs is 1. The largest absolute Gasteiger partial charge is 0.448 e. The van der Waals surface area contributed by atoms with E-state index in [4.69, 9.17) is 4.74 Å². The Balaban J connectivity index is 1.78. The fraction of sp³-hybridized carbons (Fsp3) is 0.240. The number of anilines is 1. The number of nitrogens with zero attached hydrogens (tertiary/aromatic N) is 3. The molecular weight excluding hydrogens is 452 g/mol. The molecule has 9 heteroatoms. The second kappa shape index (κ2) is 9.56. The highest BCUT2D eigenvalue weighted by Crippen LogP contribution is 2.31. The molecule has 1 unspecified atom stereocenters. The van der Waals surface area contributed by atoms with E-state index in [2.05, 4.69) is 15.5 Å². The Morgan fingerprint density at radius 3 is 2.35 bits per heavy atom. The molecular formula is C25H24N4O4S. The number of amides is 1. The molecule has 2 heterocycles. The normalized spacial score (nSPS) is 11.9. The van der Waals surface area contributed by atoms with Gasteiger partial charge in [0.2, 0.25) is 5.13 Å². The highest BCUT2D eigenvalue weighted by molar-refractivity contribution is 7.15. The van der Waals surface area contributed by atoms with Crippen LogP contribution in [0, 0.1) is 13.8 Å². The van der Waals surface area contributed by atoms with E-state index < -0.39 is 18.0 Å². The highest BCUT2D eigenvalue weighted by Gasteiger charge is 2.28. The fourth-order valence-electron chi connectivity index (χ4n) is 3.76. The number of carbonyl (C=O) groups is 2. The van der Waals surface area contributed by atoms with Crippen molar-refractivity contribution in [3.05, 3.63) is 75.1 Å². The van der Waals surface area contributed by atoms with Gasteiger partial charge in [-0.05, 0) is 37.3 Å². The van der Waals surface area contributed by atoms with Crippen molar-refractivity contribution in [2.45, 2.75) is 33.3 Å². The molecule has 8 nitrogen and oxygen atoms in total. The first-order chi connectivity index (χ1) is 16.3. The van der Waals surface area contributed by atoms with E-state index >= 15 is 0 Å². The van der Waals surface area contributed by atoms with E-state index in [1.165, 1.54) is 23.0 Å². The van der Waals surface area contributed by atoms with Gasteiger partial charge in [0.05, 0.1) is 0 Å². The number of nitrogens with one attached hydrogen (secondary N) is 1. The molecule has 1 amide bonds. The van der Waals surface area contributed by atoms with Crippen LogP contribution >= 0.6 is 11.3 Å². The molecule has 0 aliphatic rings. The van der Waals surface area contributed by atoms with Crippen LogP contribution in [0.3, 0.4) is 0 Å². The minimum atomic E-state index is -1.07. The van der Waals surface area contributed by atoms with Crippen molar-refractivity contribution >= 4 is 39.1 Å². The summed E-state index contributed by atoms with van der Waals surface area (Å²) in [6.07, 6.45) is -0.819. The summed E-state index contributed by atoms with van der Waals surface area (Å²) in [5.41, 5.74) is 2.19. The van der Waals surface area contributed by atoms with Crippen LogP contribution in [-0.4, -0.2) is 32.7 Å². The van der Waals surface area contributed by atoms with Crippen molar-refractivity contribution in [1.82, 2.24) is 14.8 Å². The summed E-state index contributed by atoms with van der Waals surface area (Å²) >= 11 is 1.23. The van der Waals surface area contributed by atoms with Crippen LogP contribution in [-0.2, 0) is 16.6 Å². The van der Waals surface area contributed by atoms with Crippen LogP contribution in [0.5, 0.6) is 0 Å². The molecule has 34 heavy (non-hydrogen) atoms. The zero-order valence-corrected chi connectivity index (χ0v) is 20.1. The minimum Gasteiger partial charge on any atom is -0.448 e. The summed E-state index contributed by atoms with van der Waals surface area (Å²) in [5.74, 6) is -1.26. The van der Waals surface area contributed by atoms with E-state index in [-0.39, 0.29) is 17.7 Å². The topological polar surface area (TPSA) is 103 Å². The summed E-state index contributed by atoms with van der Waals surface area (Å²) < 4.78 is 6.93. The van der Waals surface area contributed by atoms with Crippen molar-refractivity contribution in [3.63, 3.8) is 0 Å². The molecule has 174 valence electrons. The van der Waals surface area contributed by atoms with Gasteiger partial charge in [0.15, 0.2) is 6.10 Å². The zero-order valence-electron chi connectivity index (χ0n) is 19.3. The molecule has 0 saturated carbocycles. The van der Waals surface area contributed by atoms with Gasteiger partial charge in [-0.25, -0.2) is 4.79 Å². The molecule has 0 fully saturated rings. The monoisotopic (exact) mass is 476 g/mol. The van der Waals surface area contributed by atoms with Gasteiger partial charge in [0, 0.05) is 18.0 Å². The molecule has 0 aliphatic carbocycles. The second-order valence-electron chi connectivity index (χ2n) is 7.92. The van der Waals surface area contributed by atoms with Crippen molar-refractivity contribution in [2.24, 2.45) is 7.05 Å². The molecule has 2 aromatic heterocycles. The van der Waals surface area contributed by atoms with Crippen LogP contribution in [0.25, 0.3) is 21.9 Å². The maximum absolute atomic E-state index is 13.5. The van der Waals surface area contributed by atoms with E-state index in [9.17, 15) is 14.4 Å². The number of rotatable bonds is 6. The quantitative estimate of drug-likeness (QED) is 0.418. The lowest BCUT2D eigenvalue weighted by Crippen LogP contribution is -2.34. The average molecular weight is 477 g/mol. The Hall–Kier alpha value is -3.85. The van der Waals surface area contributed by atoms with E-state index in [1.54, 1.807) is 26.0 Å². The average Bonchev–Trinajstić information content (AvgIpc) is 3.24. The van der Waals surface area contributed by atoms with E-state index in [0.717, 1.165) is 11.1 Å². The Labute approximate surface area is 200 Å². The molecule has 2 aromatic carbocycles. The molecule has 0 bridgehead atoms. The Morgan fingerprint density at radius 1 is 1.06 bits per heavy atom. The van der Waals surface area contributed by atoms with Gasteiger partial charge in [-0.15, -0.1) is 10.2 Å². The number of hydrogen-bond donors (Lipinski definition) is 1. The Bertz CT molecular complexity index is 1440. The number of hydrogen-bond acceptors (Lipinski definition) is 7. The molecule has 0 aliphatic heterocycles. The summed E-state index contributed by atoms with van der Waals surface area (Å²) in [6.45, 7) is 5.49. The first kappa shape index (κ1) is 23.3. The number of ether oxygens (including phenoxy) is 1. The third-order valence-electron chi connectivity index (χ3n) is 5.51. The Morgan fingerprint density at radius 2 is 1.74 bits per heavy atom. The van der Waals surface area contributed by atoms with Crippen LogP contribution in [0.4, 0.5) is 5.13 Å². The molecule has 4 rings (SSSR count). The molecule has 0 spiro atoms. The molecule has 1 N–H and O–H groups in total. The standard InChI is InChI=1S/C25H24N4O4S/c1-5-19(22(30)26-25-28-27-15(3)34-25)33-24(32)21-20(16-12-10-14(2)11-13-16)17-8-6-7-9-18(17)23(31)29(21)4/h6-13,19H,5H2,1-4H3,(H,26,28,30). The summed E-state index contributed by atoms with van der Waals surface area (Å²) in [5, 5.41) is 12.6. The van der Waals surface area contributed by atoms with Gasteiger partial charge in [-0.2, -0.15) is 0 Å². The lowest BCUT2D eigenvalue weighted by Gasteiger charge is -2.20. The highest BCUT2D eigenvalue weighted by atomic mass is 32.1. The SMILES string of the molecule is CCC(OC(=O)c1c(-c2ccc(C)cc2)c2ccccc2c(=O)n1C)C(=O)Nc1nnc(C)s1. The van der Waals surface area contributed by atoms with Crippen LogP contribution in [0.15, 0.2) is 53.3 Å². The van der Waals surface area contributed by atoms with Gasteiger partial charge >= 0.3 is 5.97 Å². The number of esters is 1.